The number of rotatable bonds is 4. The van der Waals surface area contributed by atoms with E-state index in [0.717, 1.165) is 49.4 Å². The van der Waals surface area contributed by atoms with E-state index in [1.807, 2.05) is 85.8 Å². The van der Waals surface area contributed by atoms with Gasteiger partial charge in [0.2, 0.25) is 0 Å². The quantitative estimate of drug-likeness (QED) is 0.307. The average Bonchev–Trinajstić information content (AvgIpc) is 2.82. The van der Waals surface area contributed by atoms with Gasteiger partial charge in [-0.05, 0) is 46.0 Å². The van der Waals surface area contributed by atoms with Crippen LogP contribution in [0.3, 0.4) is 0 Å². The van der Waals surface area contributed by atoms with E-state index in [9.17, 15) is 15.3 Å². The van der Waals surface area contributed by atoms with Crippen molar-refractivity contribution >= 4 is 21.5 Å². The number of phenols is 3. The lowest BCUT2D eigenvalue weighted by molar-refractivity contribution is 0.463. The van der Waals surface area contributed by atoms with Crippen molar-refractivity contribution in [3.63, 3.8) is 0 Å². The van der Waals surface area contributed by atoms with Crippen LogP contribution >= 0.6 is 0 Å². The summed E-state index contributed by atoms with van der Waals surface area (Å²) in [6.45, 7) is 2.01. The summed E-state index contributed by atoms with van der Waals surface area (Å²) in [5, 5.41) is 36.1. The van der Waals surface area contributed by atoms with E-state index in [4.69, 9.17) is 0 Å². The minimum absolute atomic E-state index is 0.193. The maximum atomic E-state index is 10.9. The zero-order valence-electron chi connectivity index (χ0n) is 17.8. The minimum atomic E-state index is 0.193. The fourth-order valence-corrected chi connectivity index (χ4v) is 4.51. The Bertz CT molecular complexity index is 1350. The van der Waals surface area contributed by atoms with Crippen molar-refractivity contribution < 1.29 is 15.3 Å². The number of aromatic hydroxyl groups is 3. The van der Waals surface area contributed by atoms with Gasteiger partial charge in [0.15, 0.2) is 0 Å². The number of hydrogen-bond donors (Lipinski definition) is 3. The molecule has 0 heterocycles. The van der Waals surface area contributed by atoms with Gasteiger partial charge in [-0.15, -0.1) is 0 Å². The largest absolute Gasteiger partial charge is 0.508 e. The number of fused-ring (bicyclic) bond motifs is 2. The molecule has 0 radical (unpaired) electrons. The Hall–Kier alpha value is -3.98. The molecule has 0 saturated carbocycles. The lowest BCUT2D eigenvalue weighted by Crippen LogP contribution is -2.02. The first-order valence-electron chi connectivity index (χ1n) is 10.7. The molecule has 0 atom stereocenters. The van der Waals surface area contributed by atoms with Crippen molar-refractivity contribution in [2.24, 2.45) is 0 Å². The van der Waals surface area contributed by atoms with Crippen molar-refractivity contribution in [3.8, 4) is 17.2 Å². The minimum Gasteiger partial charge on any atom is -0.508 e. The molecule has 3 nitrogen and oxygen atoms in total. The Morgan fingerprint density at radius 1 is 0.531 bits per heavy atom. The average molecular weight is 421 g/mol. The smallest absolute Gasteiger partial charge is 0.126 e. The molecule has 0 fully saturated rings. The lowest BCUT2D eigenvalue weighted by Gasteiger charge is -2.17. The molecule has 5 rings (SSSR count). The normalized spacial score (nSPS) is 11.3. The number of phenolic OH excluding ortho intramolecular Hbond substituents is 3. The molecule has 32 heavy (non-hydrogen) atoms. The first kappa shape index (κ1) is 20.0. The Morgan fingerprint density at radius 2 is 1.03 bits per heavy atom. The lowest BCUT2D eigenvalue weighted by atomic mass is 9.89. The molecule has 0 bridgehead atoms. The summed E-state index contributed by atoms with van der Waals surface area (Å²) in [6.07, 6.45) is 0.883. The van der Waals surface area contributed by atoms with Crippen molar-refractivity contribution in [2.75, 3.05) is 0 Å². The third-order valence-electron chi connectivity index (χ3n) is 6.34. The summed E-state index contributed by atoms with van der Waals surface area (Å²) in [6, 6.07) is 26.9. The predicted molar refractivity (Wildman–Crippen MR) is 130 cm³/mol. The number of aryl methyl sites for hydroxylation is 1. The zero-order chi connectivity index (χ0) is 22.2. The highest BCUT2D eigenvalue weighted by Gasteiger charge is 2.17. The van der Waals surface area contributed by atoms with Gasteiger partial charge in [-0.2, -0.15) is 0 Å². The molecule has 5 aromatic carbocycles. The van der Waals surface area contributed by atoms with E-state index in [1.54, 1.807) is 6.07 Å². The zero-order valence-corrected chi connectivity index (χ0v) is 17.8. The molecular formula is C29H24O3. The van der Waals surface area contributed by atoms with Crippen LogP contribution in [0.5, 0.6) is 17.2 Å². The molecule has 3 N–H and O–H groups in total. The van der Waals surface area contributed by atoms with Gasteiger partial charge in [-0.25, -0.2) is 0 Å². The van der Waals surface area contributed by atoms with Gasteiger partial charge in [0.25, 0.3) is 0 Å². The van der Waals surface area contributed by atoms with Crippen molar-refractivity contribution in [1.82, 2.24) is 0 Å². The van der Waals surface area contributed by atoms with E-state index in [2.05, 4.69) is 0 Å². The van der Waals surface area contributed by atoms with E-state index in [1.165, 1.54) is 0 Å². The molecular weight excluding hydrogens is 396 g/mol. The molecule has 5 aromatic rings. The first-order valence-corrected chi connectivity index (χ1v) is 10.7. The molecule has 158 valence electrons. The molecule has 0 amide bonds. The topological polar surface area (TPSA) is 60.7 Å². The van der Waals surface area contributed by atoms with Crippen LogP contribution in [0.15, 0.2) is 84.9 Å². The highest BCUT2D eigenvalue weighted by atomic mass is 16.3. The monoisotopic (exact) mass is 420 g/mol. The summed E-state index contributed by atoms with van der Waals surface area (Å²) in [5.41, 5.74) is 4.33. The van der Waals surface area contributed by atoms with Crippen LogP contribution < -0.4 is 0 Å². The molecule has 0 aliphatic rings. The van der Waals surface area contributed by atoms with E-state index < -0.39 is 0 Å². The van der Waals surface area contributed by atoms with Crippen LogP contribution in [0.1, 0.15) is 27.8 Å². The maximum absolute atomic E-state index is 10.9. The van der Waals surface area contributed by atoms with E-state index in [0.29, 0.717) is 12.8 Å². The third-order valence-corrected chi connectivity index (χ3v) is 6.34. The van der Waals surface area contributed by atoms with E-state index >= 15 is 0 Å². The molecule has 0 unspecified atom stereocenters. The second-order valence-corrected chi connectivity index (χ2v) is 8.30. The molecule has 0 aliphatic heterocycles. The van der Waals surface area contributed by atoms with Crippen molar-refractivity contribution in [3.05, 3.63) is 113 Å². The van der Waals surface area contributed by atoms with E-state index in [-0.39, 0.29) is 17.2 Å². The van der Waals surface area contributed by atoms with Gasteiger partial charge >= 0.3 is 0 Å². The summed E-state index contributed by atoms with van der Waals surface area (Å²) in [4.78, 5) is 0. The molecule has 0 aromatic heterocycles. The van der Waals surface area contributed by atoms with Gasteiger partial charge < -0.3 is 15.3 Å². The standard InChI is InChI=1S/C29H24O3/c1-18-10-15-27(30)26(17-22-14-12-20-7-3-5-9-24(20)29(22)32)25(18)16-21-13-11-19-6-2-4-8-23(19)28(21)31/h2-15,30-32H,16-17H2,1H3. The summed E-state index contributed by atoms with van der Waals surface area (Å²) in [7, 11) is 0. The SMILES string of the molecule is Cc1ccc(O)c(Cc2ccc3ccccc3c2O)c1Cc1ccc2ccccc2c1O. The third kappa shape index (κ3) is 3.42. The maximum Gasteiger partial charge on any atom is 0.126 e. The predicted octanol–water partition coefficient (Wildman–Crippen LogP) is 6.60. The van der Waals surface area contributed by atoms with Gasteiger partial charge in [-0.1, -0.05) is 78.9 Å². The second kappa shape index (κ2) is 7.93. The fraction of sp³-hybridized carbons (Fsp3) is 0.103. The van der Waals surface area contributed by atoms with Gasteiger partial charge in [0, 0.05) is 29.2 Å². The highest BCUT2D eigenvalue weighted by Crippen LogP contribution is 2.36. The van der Waals surface area contributed by atoms with Crippen molar-refractivity contribution in [2.45, 2.75) is 19.8 Å². The Labute approximate surface area is 186 Å². The van der Waals surface area contributed by atoms with Crippen LogP contribution in [-0.2, 0) is 12.8 Å². The number of hydrogen-bond acceptors (Lipinski definition) is 3. The van der Waals surface area contributed by atoms with Crippen molar-refractivity contribution in [1.29, 1.82) is 0 Å². The summed E-state index contributed by atoms with van der Waals surface area (Å²) < 4.78 is 0. The van der Waals surface area contributed by atoms with Gasteiger partial charge in [0.05, 0.1) is 0 Å². The van der Waals surface area contributed by atoms with Gasteiger partial charge in [-0.3, -0.25) is 0 Å². The second-order valence-electron chi connectivity index (χ2n) is 8.30. The highest BCUT2D eigenvalue weighted by molar-refractivity contribution is 5.90. The summed E-state index contributed by atoms with van der Waals surface area (Å²) in [5.74, 6) is 0.701. The van der Waals surface area contributed by atoms with Crippen LogP contribution in [0.25, 0.3) is 21.5 Å². The Kier molecular flexibility index (Phi) is 4.95. The first-order chi connectivity index (χ1) is 15.5. The van der Waals surface area contributed by atoms with Gasteiger partial charge in [0.1, 0.15) is 17.2 Å². The number of benzene rings is 5. The van der Waals surface area contributed by atoms with Crippen LogP contribution in [0.2, 0.25) is 0 Å². The molecule has 0 saturated heterocycles. The van der Waals surface area contributed by atoms with Crippen LogP contribution in [0, 0.1) is 6.92 Å². The summed E-state index contributed by atoms with van der Waals surface area (Å²) >= 11 is 0. The molecule has 3 heteroatoms. The fourth-order valence-electron chi connectivity index (χ4n) is 4.51. The van der Waals surface area contributed by atoms with Crippen LogP contribution in [0.4, 0.5) is 0 Å². The van der Waals surface area contributed by atoms with Crippen LogP contribution in [-0.4, -0.2) is 15.3 Å². The Balaban J connectivity index is 1.59. The molecule has 0 spiro atoms. The molecule has 0 aliphatic carbocycles. The Morgan fingerprint density at radius 3 is 1.59 bits per heavy atom.